The molecule has 1 aromatic rings. The van der Waals surface area contributed by atoms with E-state index in [9.17, 15) is 9.59 Å². The van der Waals surface area contributed by atoms with Gasteiger partial charge in [-0.3, -0.25) is 4.79 Å². The Morgan fingerprint density at radius 3 is 2.78 bits per heavy atom. The van der Waals surface area contributed by atoms with Crippen molar-refractivity contribution in [1.82, 2.24) is 4.90 Å². The zero-order chi connectivity index (χ0) is 13.0. The number of rotatable bonds is 4. The quantitative estimate of drug-likeness (QED) is 0.890. The van der Waals surface area contributed by atoms with Crippen LogP contribution in [-0.4, -0.2) is 46.0 Å². The minimum absolute atomic E-state index is 0.0745. The molecule has 0 saturated carbocycles. The lowest BCUT2D eigenvalue weighted by atomic mass is 10.1. The summed E-state index contributed by atoms with van der Waals surface area (Å²) in [5.74, 6) is -0.118. The van der Waals surface area contributed by atoms with Crippen LogP contribution >= 0.6 is 11.8 Å². The average molecular weight is 265 g/mol. The lowest BCUT2D eigenvalue weighted by Gasteiger charge is -2.32. The smallest absolute Gasteiger partial charge is 0.327 e. The molecule has 1 N–H and O–H groups in total. The first-order chi connectivity index (χ1) is 8.68. The van der Waals surface area contributed by atoms with Crippen LogP contribution in [0.3, 0.4) is 0 Å². The van der Waals surface area contributed by atoms with Crippen molar-refractivity contribution < 1.29 is 14.7 Å². The fourth-order valence-corrected chi connectivity index (χ4v) is 2.99. The van der Waals surface area contributed by atoms with Crippen LogP contribution in [0, 0.1) is 0 Å². The van der Waals surface area contributed by atoms with Gasteiger partial charge in [-0.1, -0.05) is 30.3 Å². The fraction of sp³-hybridized carbons (Fsp3) is 0.385. The summed E-state index contributed by atoms with van der Waals surface area (Å²) in [6.45, 7) is 0.473. The van der Waals surface area contributed by atoms with Gasteiger partial charge in [-0.05, 0) is 12.0 Å². The van der Waals surface area contributed by atoms with E-state index in [-0.39, 0.29) is 5.91 Å². The Morgan fingerprint density at radius 1 is 1.39 bits per heavy atom. The second-order valence-corrected chi connectivity index (χ2v) is 5.22. The number of aliphatic carboxylic acids is 1. The van der Waals surface area contributed by atoms with Gasteiger partial charge < -0.3 is 10.0 Å². The van der Waals surface area contributed by atoms with E-state index < -0.39 is 12.0 Å². The highest BCUT2D eigenvalue weighted by molar-refractivity contribution is 8.00. The maximum Gasteiger partial charge on any atom is 0.327 e. The Hall–Kier alpha value is -1.49. The number of carbonyl (C=O) groups excluding carboxylic acids is 1. The van der Waals surface area contributed by atoms with Crippen LogP contribution in [0.2, 0.25) is 0 Å². The molecule has 1 saturated heterocycles. The van der Waals surface area contributed by atoms with E-state index in [4.69, 9.17) is 5.11 Å². The molecular formula is C13H15NO3S. The zero-order valence-corrected chi connectivity index (χ0v) is 10.7. The van der Waals surface area contributed by atoms with Gasteiger partial charge >= 0.3 is 5.97 Å². The molecule has 96 valence electrons. The van der Waals surface area contributed by atoms with E-state index >= 15 is 0 Å². The predicted octanol–water partition coefficient (Wildman–Crippen LogP) is 1.26. The molecule has 1 amide bonds. The topological polar surface area (TPSA) is 57.6 Å². The SMILES string of the molecule is O=C(O)C1CSCC(=O)N1CCc1ccccc1. The Kier molecular flexibility index (Phi) is 4.25. The Balaban J connectivity index is 2.00. The van der Waals surface area contributed by atoms with Gasteiger partial charge in [0.1, 0.15) is 6.04 Å². The van der Waals surface area contributed by atoms with Crippen molar-refractivity contribution in [2.45, 2.75) is 12.5 Å². The molecule has 0 radical (unpaired) electrons. The molecule has 0 spiro atoms. The van der Waals surface area contributed by atoms with Gasteiger partial charge in [0.25, 0.3) is 0 Å². The van der Waals surface area contributed by atoms with Crippen molar-refractivity contribution in [2.24, 2.45) is 0 Å². The normalized spacial score (nSPS) is 19.9. The summed E-state index contributed by atoms with van der Waals surface area (Å²) < 4.78 is 0. The van der Waals surface area contributed by atoms with E-state index in [1.165, 1.54) is 16.7 Å². The molecule has 5 heteroatoms. The number of hydrogen-bond acceptors (Lipinski definition) is 3. The van der Waals surface area contributed by atoms with Crippen molar-refractivity contribution in [1.29, 1.82) is 0 Å². The lowest BCUT2D eigenvalue weighted by molar-refractivity contribution is -0.148. The highest BCUT2D eigenvalue weighted by atomic mass is 32.2. The molecule has 0 aliphatic carbocycles. The molecule has 1 aliphatic rings. The summed E-state index contributed by atoms with van der Waals surface area (Å²) in [7, 11) is 0. The van der Waals surface area contributed by atoms with Crippen LogP contribution in [0.5, 0.6) is 0 Å². The largest absolute Gasteiger partial charge is 0.480 e. The number of carboxylic acid groups (broad SMARTS) is 1. The monoisotopic (exact) mass is 265 g/mol. The maximum absolute atomic E-state index is 11.8. The minimum atomic E-state index is -0.913. The molecule has 18 heavy (non-hydrogen) atoms. The fourth-order valence-electron chi connectivity index (χ4n) is 1.98. The molecule has 1 aromatic carbocycles. The number of thioether (sulfide) groups is 1. The Bertz CT molecular complexity index is 435. The maximum atomic E-state index is 11.8. The van der Waals surface area contributed by atoms with Gasteiger partial charge in [0.15, 0.2) is 0 Å². The van der Waals surface area contributed by atoms with E-state index in [1.807, 2.05) is 30.3 Å². The van der Waals surface area contributed by atoms with E-state index in [1.54, 1.807) is 0 Å². The van der Waals surface area contributed by atoms with Crippen molar-refractivity contribution in [3.8, 4) is 0 Å². The summed E-state index contributed by atoms with van der Waals surface area (Å²) in [5.41, 5.74) is 1.12. The molecule has 1 heterocycles. The summed E-state index contributed by atoms with van der Waals surface area (Å²) in [6, 6.07) is 9.11. The van der Waals surface area contributed by atoms with Crippen LogP contribution in [0.4, 0.5) is 0 Å². The lowest BCUT2D eigenvalue weighted by Crippen LogP contribution is -2.51. The summed E-state index contributed by atoms with van der Waals surface area (Å²) in [5, 5.41) is 9.12. The van der Waals surface area contributed by atoms with Gasteiger partial charge in [-0.25, -0.2) is 4.79 Å². The number of hydrogen-bond donors (Lipinski definition) is 1. The average Bonchev–Trinajstić information content (AvgIpc) is 2.38. The number of nitrogens with zero attached hydrogens (tertiary/aromatic N) is 1. The number of benzene rings is 1. The van der Waals surface area contributed by atoms with Crippen LogP contribution < -0.4 is 0 Å². The van der Waals surface area contributed by atoms with Gasteiger partial charge in [0.05, 0.1) is 5.75 Å². The van der Waals surface area contributed by atoms with Crippen LogP contribution in [-0.2, 0) is 16.0 Å². The van der Waals surface area contributed by atoms with Gasteiger partial charge in [-0.2, -0.15) is 0 Å². The Labute approximate surface area is 110 Å². The first-order valence-electron chi connectivity index (χ1n) is 5.82. The van der Waals surface area contributed by atoms with E-state index in [2.05, 4.69) is 0 Å². The first-order valence-corrected chi connectivity index (χ1v) is 6.98. The molecule has 0 bridgehead atoms. The van der Waals surface area contributed by atoms with Gasteiger partial charge in [0.2, 0.25) is 5.91 Å². The zero-order valence-electron chi connectivity index (χ0n) is 9.91. The second kappa shape index (κ2) is 5.91. The summed E-state index contributed by atoms with van der Waals surface area (Å²) >= 11 is 1.39. The summed E-state index contributed by atoms with van der Waals surface area (Å²) in [6.07, 6.45) is 0.695. The predicted molar refractivity (Wildman–Crippen MR) is 70.6 cm³/mol. The third-order valence-electron chi connectivity index (χ3n) is 2.97. The third kappa shape index (κ3) is 3.04. The molecular weight excluding hydrogens is 250 g/mol. The van der Waals surface area contributed by atoms with Gasteiger partial charge in [-0.15, -0.1) is 11.8 Å². The van der Waals surface area contributed by atoms with Crippen molar-refractivity contribution in [2.75, 3.05) is 18.1 Å². The first kappa shape index (κ1) is 13.0. The molecule has 2 rings (SSSR count). The number of amides is 1. The Morgan fingerprint density at radius 2 is 2.11 bits per heavy atom. The number of carbonyl (C=O) groups is 2. The van der Waals surface area contributed by atoms with Crippen LogP contribution in [0.25, 0.3) is 0 Å². The third-order valence-corrected chi connectivity index (χ3v) is 3.97. The highest BCUT2D eigenvalue weighted by Crippen LogP contribution is 2.18. The number of carboxylic acids is 1. The molecule has 1 fully saturated rings. The van der Waals surface area contributed by atoms with E-state index in [0.29, 0.717) is 24.5 Å². The second-order valence-electron chi connectivity index (χ2n) is 4.19. The molecule has 4 nitrogen and oxygen atoms in total. The van der Waals surface area contributed by atoms with Gasteiger partial charge in [0, 0.05) is 12.3 Å². The molecule has 0 aromatic heterocycles. The molecule has 1 atom stereocenters. The van der Waals surface area contributed by atoms with Crippen molar-refractivity contribution in [3.05, 3.63) is 35.9 Å². The van der Waals surface area contributed by atoms with E-state index in [0.717, 1.165) is 5.56 Å². The standard InChI is InChI=1S/C13H15NO3S/c15-12-9-18-8-11(13(16)17)14(12)7-6-10-4-2-1-3-5-10/h1-5,11H,6-9H2,(H,16,17). The summed E-state index contributed by atoms with van der Waals surface area (Å²) in [4.78, 5) is 24.4. The van der Waals surface area contributed by atoms with Crippen LogP contribution in [0.1, 0.15) is 5.56 Å². The molecule has 1 aliphatic heterocycles. The minimum Gasteiger partial charge on any atom is -0.480 e. The van der Waals surface area contributed by atoms with Crippen molar-refractivity contribution in [3.63, 3.8) is 0 Å². The highest BCUT2D eigenvalue weighted by Gasteiger charge is 2.32. The van der Waals surface area contributed by atoms with Crippen LogP contribution in [0.15, 0.2) is 30.3 Å². The van der Waals surface area contributed by atoms with Crippen molar-refractivity contribution >= 4 is 23.6 Å². The molecule has 1 unspecified atom stereocenters.